The number of hydrogen-bond donors (Lipinski definition) is 0. The van der Waals surface area contributed by atoms with Crippen LogP contribution in [0.2, 0.25) is 6.32 Å². The smallest absolute Gasteiger partial charge is 0.0780 e. The second kappa shape index (κ2) is 6.93. The Bertz CT molecular complexity index is 53.6. The Kier molecular flexibility index (Phi) is 6.88. The molecule has 0 N–H and O–H groups in total. The molecule has 0 amide bonds. The number of allylic oxidation sites excluding steroid dienone is 1. The molecule has 0 heterocycles. The minimum atomic E-state index is 1.19. The Morgan fingerprint density at radius 1 is 1.62 bits per heavy atom. The van der Waals surface area contributed by atoms with E-state index in [1.807, 2.05) is 6.08 Å². The summed E-state index contributed by atoms with van der Waals surface area (Å²) in [7, 11) is 4.94. The third-order valence-corrected chi connectivity index (χ3v) is 1.26. The molecule has 8 heavy (non-hydrogen) atoms. The van der Waals surface area contributed by atoms with Crippen molar-refractivity contribution in [3.8, 4) is 0 Å². The first-order chi connectivity index (χ1) is 3.91. The summed E-state index contributed by atoms with van der Waals surface area (Å²) >= 11 is 0. The molecule has 0 aliphatic rings. The molecule has 0 spiro atoms. The molecule has 42 valence electrons. The van der Waals surface area contributed by atoms with Gasteiger partial charge >= 0.3 is 0 Å². The van der Waals surface area contributed by atoms with Crippen LogP contribution in [0, 0.1) is 0 Å². The van der Waals surface area contributed by atoms with Crippen LogP contribution in [0.3, 0.4) is 0 Å². The SMILES string of the molecule is BBBCCCC=C. The van der Waals surface area contributed by atoms with Crippen molar-refractivity contribution < 1.29 is 0 Å². The molecule has 0 aromatic heterocycles. The maximum atomic E-state index is 3.66. The first-order valence-corrected chi connectivity index (χ1v) is 3.52. The van der Waals surface area contributed by atoms with Gasteiger partial charge < -0.3 is 0 Å². The van der Waals surface area contributed by atoms with Crippen LogP contribution >= 0.6 is 0 Å². The molecule has 0 saturated heterocycles. The van der Waals surface area contributed by atoms with Gasteiger partial charge in [0.25, 0.3) is 0 Å². The van der Waals surface area contributed by atoms with E-state index in [2.05, 4.69) is 14.3 Å². The highest BCUT2D eigenvalue weighted by atomic mass is 13.7. The van der Waals surface area contributed by atoms with Crippen LogP contribution in [-0.2, 0) is 0 Å². The van der Waals surface area contributed by atoms with E-state index in [1.165, 1.54) is 33.4 Å². The molecule has 0 aliphatic carbocycles. The van der Waals surface area contributed by atoms with Crippen molar-refractivity contribution in [1.82, 2.24) is 0 Å². The Morgan fingerprint density at radius 3 is 2.88 bits per heavy atom. The first kappa shape index (κ1) is 7.93. The highest BCUT2D eigenvalue weighted by Crippen LogP contribution is 1.93. The summed E-state index contributed by atoms with van der Waals surface area (Å²) in [6.45, 7) is 3.66. The molecule has 0 nitrogen and oxygen atoms in total. The normalized spacial score (nSPS) is 8.00. The zero-order valence-electron chi connectivity index (χ0n) is 5.82. The van der Waals surface area contributed by atoms with Gasteiger partial charge in [-0.1, -0.05) is 18.8 Å². The van der Waals surface area contributed by atoms with Gasteiger partial charge in [-0.2, -0.15) is 0 Å². The van der Waals surface area contributed by atoms with Crippen molar-refractivity contribution in [2.24, 2.45) is 0 Å². The quantitative estimate of drug-likeness (QED) is 0.256. The summed E-state index contributed by atoms with van der Waals surface area (Å²) in [5, 5.41) is 0. The average molecular weight is 106 g/mol. The van der Waals surface area contributed by atoms with Crippen molar-refractivity contribution in [1.29, 1.82) is 0 Å². The molecule has 0 aromatic carbocycles. The molecule has 0 aromatic rings. The first-order valence-electron chi connectivity index (χ1n) is 3.52. The van der Waals surface area contributed by atoms with E-state index in [-0.39, 0.29) is 0 Å². The maximum Gasteiger partial charge on any atom is 0.0780 e. The summed E-state index contributed by atoms with van der Waals surface area (Å²) in [5.74, 6) is 0. The molecule has 0 radical (unpaired) electrons. The predicted molar refractivity (Wildman–Crippen MR) is 47.1 cm³/mol. The standard InChI is InChI=1S/C5H13B3/c1-2-3-4-5-7-8-6/h2,7-8H,1,3-6H2. The summed E-state index contributed by atoms with van der Waals surface area (Å²) in [5.41, 5.74) is 0. The van der Waals surface area contributed by atoms with Crippen LogP contribution in [0.25, 0.3) is 0 Å². The van der Waals surface area contributed by atoms with Crippen LogP contribution in [0.1, 0.15) is 12.8 Å². The average Bonchev–Trinajstić information content (AvgIpc) is 1.81. The highest BCUT2D eigenvalue weighted by molar-refractivity contribution is 7.23. The molecular weight excluding hydrogens is 92.5 g/mol. The van der Waals surface area contributed by atoms with E-state index in [1.54, 1.807) is 0 Å². The number of rotatable bonds is 5. The molecule has 0 bridgehead atoms. The third kappa shape index (κ3) is 5.93. The molecule has 0 aliphatic heterocycles. The minimum absolute atomic E-state index is 1.19. The molecule has 0 atom stereocenters. The Morgan fingerprint density at radius 2 is 2.38 bits per heavy atom. The van der Waals surface area contributed by atoms with Crippen molar-refractivity contribution in [2.45, 2.75) is 19.2 Å². The van der Waals surface area contributed by atoms with Crippen LogP contribution in [0.5, 0.6) is 0 Å². The predicted octanol–water partition coefficient (Wildman–Crippen LogP) is -0.293. The third-order valence-electron chi connectivity index (χ3n) is 1.26. The van der Waals surface area contributed by atoms with Gasteiger partial charge in [-0.15, -0.1) is 6.58 Å². The van der Waals surface area contributed by atoms with Crippen molar-refractivity contribution in [3.05, 3.63) is 12.7 Å². The fourth-order valence-corrected chi connectivity index (χ4v) is 0.715. The lowest BCUT2D eigenvalue weighted by molar-refractivity contribution is 0.956. The van der Waals surface area contributed by atoms with Gasteiger partial charge in [-0.05, 0) is 6.42 Å². The van der Waals surface area contributed by atoms with Crippen molar-refractivity contribution in [2.75, 3.05) is 0 Å². The summed E-state index contributed by atoms with van der Waals surface area (Å²) in [6.07, 6.45) is 5.90. The molecule has 0 unspecified atom stereocenters. The van der Waals surface area contributed by atoms with E-state index < -0.39 is 0 Å². The van der Waals surface area contributed by atoms with Gasteiger partial charge in [-0.25, -0.2) is 0 Å². The van der Waals surface area contributed by atoms with Gasteiger partial charge in [0.2, 0.25) is 0 Å². The fourth-order valence-electron chi connectivity index (χ4n) is 0.715. The topological polar surface area (TPSA) is 0 Å². The molecule has 0 fully saturated rings. The van der Waals surface area contributed by atoms with Gasteiger partial charge in [0, 0.05) is 0 Å². The van der Waals surface area contributed by atoms with Crippen LogP contribution in [0.15, 0.2) is 12.7 Å². The zero-order chi connectivity index (χ0) is 6.24. The lowest BCUT2D eigenvalue weighted by atomic mass is 9.27. The second-order valence-corrected chi connectivity index (χ2v) is 2.14. The summed E-state index contributed by atoms with van der Waals surface area (Å²) < 4.78 is 0. The van der Waals surface area contributed by atoms with Gasteiger partial charge in [-0.3, -0.25) is 0 Å². The van der Waals surface area contributed by atoms with E-state index in [4.69, 9.17) is 0 Å². The summed E-state index contributed by atoms with van der Waals surface area (Å²) in [4.78, 5) is 0. The fraction of sp³-hybridized carbons (Fsp3) is 0.600. The van der Waals surface area contributed by atoms with Crippen molar-refractivity contribution >= 4 is 22.0 Å². The molecular formula is C5H13B3. The second-order valence-electron chi connectivity index (χ2n) is 2.14. The van der Waals surface area contributed by atoms with E-state index in [0.717, 1.165) is 0 Å². The van der Waals surface area contributed by atoms with Gasteiger partial charge in [0.15, 0.2) is 0 Å². The molecule has 3 heteroatoms. The maximum absolute atomic E-state index is 3.66. The largest absolute Gasteiger partial charge is 0.103 e. The Balaban J connectivity index is 2.62. The van der Waals surface area contributed by atoms with E-state index >= 15 is 0 Å². The lowest BCUT2D eigenvalue weighted by Gasteiger charge is -1.89. The van der Waals surface area contributed by atoms with Crippen molar-refractivity contribution in [3.63, 3.8) is 0 Å². The van der Waals surface area contributed by atoms with E-state index in [9.17, 15) is 0 Å². The van der Waals surface area contributed by atoms with E-state index in [0.29, 0.717) is 0 Å². The number of unbranched alkanes of at least 4 members (excludes halogenated alkanes) is 1. The van der Waals surface area contributed by atoms with Crippen LogP contribution < -0.4 is 0 Å². The molecule has 0 rings (SSSR count). The monoisotopic (exact) mass is 106 g/mol. The lowest BCUT2D eigenvalue weighted by Crippen LogP contribution is -2.01. The Labute approximate surface area is 54.6 Å². The molecule has 0 saturated carbocycles. The van der Waals surface area contributed by atoms with Crippen LogP contribution in [-0.4, -0.2) is 22.0 Å². The zero-order valence-corrected chi connectivity index (χ0v) is 5.82. The number of hydrogen-bond acceptors (Lipinski definition) is 0. The van der Waals surface area contributed by atoms with Gasteiger partial charge in [0.05, 0.1) is 22.0 Å². The minimum Gasteiger partial charge on any atom is -0.103 e. The highest BCUT2D eigenvalue weighted by Gasteiger charge is 1.85. The Hall–Kier alpha value is -0.0652. The summed E-state index contributed by atoms with van der Waals surface area (Å²) in [6, 6.07) is 0. The van der Waals surface area contributed by atoms with Crippen LogP contribution in [0.4, 0.5) is 0 Å². The van der Waals surface area contributed by atoms with Gasteiger partial charge in [0.1, 0.15) is 0 Å².